The van der Waals surface area contributed by atoms with Gasteiger partial charge in [-0.3, -0.25) is 14.9 Å². The Labute approximate surface area is 199 Å². The highest BCUT2D eigenvalue weighted by Crippen LogP contribution is 2.57. The van der Waals surface area contributed by atoms with Gasteiger partial charge in [-0.15, -0.1) is 11.3 Å². The van der Waals surface area contributed by atoms with Gasteiger partial charge in [-0.1, -0.05) is 20.8 Å². The van der Waals surface area contributed by atoms with Crippen LogP contribution in [0, 0.1) is 23.2 Å². The number of aromatic nitrogens is 2. The van der Waals surface area contributed by atoms with E-state index in [0.717, 1.165) is 37.8 Å². The van der Waals surface area contributed by atoms with Gasteiger partial charge in [0.25, 0.3) is 5.91 Å². The van der Waals surface area contributed by atoms with E-state index in [0.29, 0.717) is 16.9 Å². The van der Waals surface area contributed by atoms with Crippen LogP contribution in [0.1, 0.15) is 73.4 Å². The Morgan fingerprint density at radius 1 is 1.33 bits per heavy atom. The van der Waals surface area contributed by atoms with Crippen molar-refractivity contribution in [2.75, 3.05) is 5.32 Å². The Balaban J connectivity index is 1.35. The Hall–Kier alpha value is -2.19. The molecule has 2 fully saturated rings. The summed E-state index contributed by atoms with van der Waals surface area (Å²) in [7, 11) is 1.85. The fraction of sp³-hybridized carbons (Fsp3) is 0.640. The molecule has 0 saturated heterocycles. The fourth-order valence-electron chi connectivity index (χ4n) is 6.21. The maximum Gasteiger partial charge on any atom is 0.274 e. The summed E-state index contributed by atoms with van der Waals surface area (Å²) in [6.45, 7) is 6.38. The predicted molar refractivity (Wildman–Crippen MR) is 128 cm³/mol. The molecule has 0 radical (unpaired) electrons. The molecule has 0 spiro atoms. The highest BCUT2D eigenvalue weighted by atomic mass is 32.1. The van der Waals surface area contributed by atoms with Gasteiger partial charge in [0.2, 0.25) is 5.91 Å². The summed E-state index contributed by atoms with van der Waals surface area (Å²) in [4.78, 5) is 31.4. The lowest BCUT2D eigenvalue weighted by Crippen LogP contribution is -2.53. The molecule has 7 nitrogen and oxygen atoms in total. The highest BCUT2D eigenvalue weighted by Gasteiger charge is 2.54. The SMILES string of the molecule is C[C@H](C(=O)NC1CC1)[C@H]1CC[C@@]2(C)Cc3sc(NC(=O)c4cccn4C)nc3[C@@H](C)[C@@H]2[C@H]1O. The van der Waals surface area contributed by atoms with Gasteiger partial charge in [0.05, 0.1) is 11.8 Å². The smallest absolute Gasteiger partial charge is 0.274 e. The second-order valence-electron chi connectivity index (χ2n) is 10.7. The van der Waals surface area contributed by atoms with Gasteiger partial charge < -0.3 is 15.0 Å². The van der Waals surface area contributed by atoms with E-state index in [4.69, 9.17) is 4.98 Å². The Bertz CT molecular complexity index is 1070. The number of carbonyl (C=O) groups excluding carboxylic acids is 2. The van der Waals surface area contributed by atoms with E-state index in [1.165, 1.54) is 4.88 Å². The summed E-state index contributed by atoms with van der Waals surface area (Å²) in [6, 6.07) is 3.97. The molecule has 178 valence electrons. The molecule has 33 heavy (non-hydrogen) atoms. The Kier molecular flexibility index (Phi) is 5.64. The van der Waals surface area contributed by atoms with Crippen LogP contribution in [0.2, 0.25) is 0 Å². The Morgan fingerprint density at radius 3 is 2.76 bits per heavy atom. The molecule has 2 heterocycles. The van der Waals surface area contributed by atoms with Gasteiger partial charge in [0.1, 0.15) is 5.69 Å². The van der Waals surface area contributed by atoms with Gasteiger partial charge in [-0.05, 0) is 61.5 Å². The van der Waals surface area contributed by atoms with Crippen LogP contribution in [-0.4, -0.2) is 38.6 Å². The van der Waals surface area contributed by atoms with Crippen LogP contribution in [0.25, 0.3) is 0 Å². The monoisotopic (exact) mass is 470 g/mol. The summed E-state index contributed by atoms with van der Waals surface area (Å²) < 4.78 is 1.79. The molecule has 3 aliphatic rings. The summed E-state index contributed by atoms with van der Waals surface area (Å²) in [5.74, 6) is -0.227. The van der Waals surface area contributed by atoms with Crippen LogP contribution in [0.15, 0.2) is 18.3 Å². The molecule has 0 aliphatic heterocycles. The maximum atomic E-state index is 12.7. The topological polar surface area (TPSA) is 96.3 Å². The third-order valence-corrected chi connectivity index (χ3v) is 9.29. The minimum absolute atomic E-state index is 0.0402. The van der Waals surface area contributed by atoms with E-state index >= 15 is 0 Å². The molecule has 5 rings (SSSR count). The van der Waals surface area contributed by atoms with E-state index in [-0.39, 0.29) is 40.9 Å². The van der Waals surface area contributed by atoms with Crippen LogP contribution in [0.5, 0.6) is 0 Å². The van der Waals surface area contributed by atoms with Crippen LogP contribution in [0.3, 0.4) is 0 Å². The predicted octanol–water partition coefficient (Wildman–Crippen LogP) is 3.70. The molecule has 0 aromatic carbocycles. The third kappa shape index (κ3) is 4.01. The molecule has 2 aromatic heterocycles. The molecule has 2 amide bonds. The van der Waals surface area contributed by atoms with Crippen molar-refractivity contribution >= 4 is 28.3 Å². The number of thiazole rings is 1. The highest BCUT2D eigenvalue weighted by molar-refractivity contribution is 7.15. The zero-order valence-corrected chi connectivity index (χ0v) is 20.6. The number of rotatable bonds is 5. The van der Waals surface area contributed by atoms with Crippen LogP contribution in [0.4, 0.5) is 5.13 Å². The molecule has 0 bridgehead atoms. The number of hydrogen-bond donors (Lipinski definition) is 3. The molecular weight excluding hydrogens is 436 g/mol. The number of aryl methyl sites for hydroxylation is 1. The van der Waals surface area contributed by atoms with Gasteiger partial charge in [0, 0.05) is 36.0 Å². The summed E-state index contributed by atoms with van der Waals surface area (Å²) >= 11 is 1.55. The normalized spacial score (nSPS) is 31.9. The summed E-state index contributed by atoms with van der Waals surface area (Å²) in [5, 5.41) is 18.2. The van der Waals surface area contributed by atoms with E-state index in [1.54, 1.807) is 22.0 Å². The largest absolute Gasteiger partial charge is 0.392 e. The van der Waals surface area contributed by atoms with Gasteiger partial charge in [-0.25, -0.2) is 4.98 Å². The first kappa shape index (κ1) is 22.6. The number of amides is 2. The zero-order chi connectivity index (χ0) is 23.5. The summed E-state index contributed by atoms with van der Waals surface area (Å²) in [6.07, 6.45) is 6.12. The van der Waals surface area contributed by atoms with Crippen molar-refractivity contribution in [3.63, 3.8) is 0 Å². The first-order chi connectivity index (χ1) is 15.7. The number of aliphatic hydroxyl groups excluding tert-OH is 1. The summed E-state index contributed by atoms with van der Waals surface area (Å²) in [5.41, 5.74) is 1.54. The lowest BCUT2D eigenvalue weighted by Gasteiger charge is -2.53. The second-order valence-corrected chi connectivity index (χ2v) is 11.8. The number of nitrogens with zero attached hydrogens (tertiary/aromatic N) is 2. The third-order valence-electron chi connectivity index (χ3n) is 8.30. The molecule has 8 heteroatoms. The minimum atomic E-state index is -0.546. The minimum Gasteiger partial charge on any atom is -0.392 e. The second kappa shape index (κ2) is 8.24. The number of hydrogen-bond acceptors (Lipinski definition) is 5. The van der Waals surface area contributed by atoms with Crippen molar-refractivity contribution in [3.8, 4) is 0 Å². The lowest BCUT2D eigenvalue weighted by atomic mass is 9.53. The van der Waals surface area contributed by atoms with Crippen molar-refractivity contribution in [3.05, 3.63) is 34.6 Å². The van der Waals surface area contributed by atoms with E-state index in [1.807, 2.05) is 26.2 Å². The standard InChI is InChI=1S/C25H34N4O3S/c1-13(22(31)26-15-7-8-15)16-9-10-25(3)12-18-20(14(2)19(25)21(16)30)27-24(33-18)28-23(32)17-6-5-11-29(17)4/h5-6,11,13-16,19,21,30H,7-10,12H2,1-4H3,(H,26,31)(H,27,28,32)/t13-,14-,16+,19+,21-,25-/m0/s1. The molecule has 2 aromatic rings. The van der Waals surface area contributed by atoms with Crippen molar-refractivity contribution < 1.29 is 14.7 Å². The van der Waals surface area contributed by atoms with Crippen LogP contribution < -0.4 is 10.6 Å². The Morgan fingerprint density at radius 2 is 2.09 bits per heavy atom. The fourth-order valence-corrected chi connectivity index (χ4v) is 7.47. The molecule has 0 unspecified atom stereocenters. The van der Waals surface area contributed by atoms with Crippen LogP contribution in [-0.2, 0) is 18.3 Å². The molecule has 3 N–H and O–H groups in total. The van der Waals surface area contributed by atoms with E-state index < -0.39 is 6.10 Å². The molecule has 2 saturated carbocycles. The number of fused-ring (bicyclic) bond motifs is 2. The first-order valence-electron chi connectivity index (χ1n) is 12.1. The van der Waals surface area contributed by atoms with Crippen molar-refractivity contribution in [1.82, 2.24) is 14.9 Å². The molecular formula is C25H34N4O3S. The molecule has 3 aliphatic carbocycles. The average molecular weight is 471 g/mol. The van der Waals surface area contributed by atoms with Crippen molar-refractivity contribution in [1.29, 1.82) is 0 Å². The number of aliphatic hydroxyl groups is 1. The van der Waals surface area contributed by atoms with Gasteiger partial charge in [-0.2, -0.15) is 0 Å². The van der Waals surface area contributed by atoms with E-state index in [9.17, 15) is 14.7 Å². The number of anilines is 1. The zero-order valence-electron chi connectivity index (χ0n) is 19.8. The van der Waals surface area contributed by atoms with Gasteiger partial charge >= 0.3 is 0 Å². The number of nitrogens with one attached hydrogen (secondary N) is 2. The maximum absolute atomic E-state index is 12.7. The average Bonchev–Trinajstić information content (AvgIpc) is 3.31. The number of carbonyl (C=O) groups is 2. The van der Waals surface area contributed by atoms with E-state index in [2.05, 4.69) is 24.5 Å². The van der Waals surface area contributed by atoms with Gasteiger partial charge in [0.15, 0.2) is 5.13 Å². The van der Waals surface area contributed by atoms with Crippen molar-refractivity contribution in [2.24, 2.45) is 30.2 Å². The quantitative estimate of drug-likeness (QED) is 0.621. The first-order valence-corrected chi connectivity index (χ1v) is 12.9. The van der Waals surface area contributed by atoms with Crippen molar-refractivity contribution in [2.45, 2.75) is 70.9 Å². The lowest BCUT2D eigenvalue weighted by molar-refractivity contribution is -0.134. The molecule has 6 atom stereocenters. The van der Waals surface area contributed by atoms with Crippen LogP contribution >= 0.6 is 11.3 Å².